The van der Waals surface area contributed by atoms with Gasteiger partial charge in [-0.15, -0.1) is 0 Å². The first-order valence-electron chi connectivity index (χ1n) is 7.22. The summed E-state index contributed by atoms with van der Waals surface area (Å²) in [5.74, 6) is -0.206. The van der Waals surface area contributed by atoms with E-state index in [2.05, 4.69) is 5.10 Å². The van der Waals surface area contributed by atoms with Gasteiger partial charge in [0.15, 0.2) is 0 Å². The summed E-state index contributed by atoms with van der Waals surface area (Å²) in [7, 11) is 3.75. The first kappa shape index (κ1) is 15.5. The van der Waals surface area contributed by atoms with Crippen LogP contribution in [0.15, 0.2) is 30.6 Å². The molecule has 0 spiro atoms. The second kappa shape index (κ2) is 6.72. The molecule has 0 bridgehead atoms. The molecule has 0 aliphatic carbocycles. The van der Waals surface area contributed by atoms with Gasteiger partial charge in [-0.2, -0.15) is 5.10 Å². The van der Waals surface area contributed by atoms with Crippen LogP contribution >= 0.6 is 0 Å². The molecule has 5 heteroatoms. The number of nitrogens with zero attached hydrogens (tertiary/aromatic N) is 3. The van der Waals surface area contributed by atoms with Crippen LogP contribution < -0.4 is 10.6 Å². The van der Waals surface area contributed by atoms with Crippen molar-refractivity contribution in [2.24, 2.45) is 12.8 Å². The van der Waals surface area contributed by atoms with Crippen molar-refractivity contribution in [2.75, 3.05) is 11.9 Å². The Hall–Kier alpha value is -1.88. The molecule has 1 aromatic carbocycles. The number of rotatable bonds is 6. The Bertz CT molecular complexity index is 594. The molecule has 4 nitrogen and oxygen atoms in total. The molecule has 1 aromatic heterocycles. The van der Waals surface area contributed by atoms with Gasteiger partial charge in [0.05, 0.1) is 11.9 Å². The molecular weight excluding hydrogens is 267 g/mol. The molecule has 1 heterocycles. The molecule has 0 aliphatic heterocycles. The number of aryl methyl sites for hydroxylation is 1. The molecule has 2 N–H and O–H groups in total. The van der Waals surface area contributed by atoms with E-state index in [-0.39, 0.29) is 11.9 Å². The Morgan fingerprint density at radius 3 is 2.71 bits per heavy atom. The topological polar surface area (TPSA) is 47.1 Å². The van der Waals surface area contributed by atoms with E-state index in [1.807, 2.05) is 44.2 Å². The van der Waals surface area contributed by atoms with E-state index in [1.54, 1.807) is 16.9 Å². The Morgan fingerprint density at radius 2 is 2.14 bits per heavy atom. The highest BCUT2D eigenvalue weighted by Crippen LogP contribution is 2.21. The van der Waals surface area contributed by atoms with Crippen LogP contribution in [0.1, 0.15) is 24.5 Å². The van der Waals surface area contributed by atoms with Crippen molar-refractivity contribution >= 4 is 5.69 Å². The van der Waals surface area contributed by atoms with E-state index >= 15 is 0 Å². The van der Waals surface area contributed by atoms with Crippen molar-refractivity contribution in [3.05, 3.63) is 47.5 Å². The lowest BCUT2D eigenvalue weighted by Gasteiger charge is -2.20. The molecule has 114 valence electrons. The van der Waals surface area contributed by atoms with E-state index in [9.17, 15) is 4.39 Å². The summed E-state index contributed by atoms with van der Waals surface area (Å²) in [6.45, 7) is 2.66. The van der Waals surface area contributed by atoms with Crippen molar-refractivity contribution in [3.63, 3.8) is 0 Å². The molecule has 0 fully saturated rings. The lowest BCUT2D eigenvalue weighted by atomic mass is 10.0. The van der Waals surface area contributed by atoms with Gasteiger partial charge in [0.25, 0.3) is 0 Å². The summed E-state index contributed by atoms with van der Waals surface area (Å²) in [5.41, 5.74) is 8.50. The van der Waals surface area contributed by atoms with Crippen molar-refractivity contribution in [2.45, 2.75) is 32.4 Å². The molecule has 0 saturated heterocycles. The molecule has 0 amide bonds. The second-order valence-corrected chi connectivity index (χ2v) is 5.54. The molecular formula is C16H23FN4. The van der Waals surface area contributed by atoms with Crippen LogP contribution in [0.4, 0.5) is 10.1 Å². The van der Waals surface area contributed by atoms with Crippen LogP contribution in [-0.4, -0.2) is 22.9 Å². The molecule has 0 radical (unpaired) electrons. The number of nitrogens with two attached hydrogens (primary N) is 1. The SMILES string of the molecule is CCC(N)Cc1ccc(N(C)Cc2cnn(C)c2)c(F)c1. The first-order chi connectivity index (χ1) is 9.99. The zero-order valence-corrected chi connectivity index (χ0v) is 12.9. The van der Waals surface area contributed by atoms with Crippen LogP contribution in [-0.2, 0) is 20.0 Å². The Morgan fingerprint density at radius 1 is 1.38 bits per heavy atom. The fourth-order valence-electron chi connectivity index (χ4n) is 2.35. The van der Waals surface area contributed by atoms with Crippen LogP contribution in [0.25, 0.3) is 0 Å². The van der Waals surface area contributed by atoms with Gasteiger partial charge in [0.1, 0.15) is 5.82 Å². The quantitative estimate of drug-likeness (QED) is 0.889. The first-order valence-corrected chi connectivity index (χ1v) is 7.22. The highest BCUT2D eigenvalue weighted by molar-refractivity contribution is 5.49. The summed E-state index contributed by atoms with van der Waals surface area (Å²) < 4.78 is 16.0. The summed E-state index contributed by atoms with van der Waals surface area (Å²) in [4.78, 5) is 1.88. The Labute approximate surface area is 125 Å². The molecule has 2 rings (SSSR count). The highest BCUT2D eigenvalue weighted by atomic mass is 19.1. The van der Waals surface area contributed by atoms with Gasteiger partial charge in [0.2, 0.25) is 0 Å². The summed E-state index contributed by atoms with van der Waals surface area (Å²) >= 11 is 0. The van der Waals surface area contributed by atoms with Gasteiger partial charge < -0.3 is 10.6 Å². The molecule has 0 saturated carbocycles. The predicted molar refractivity (Wildman–Crippen MR) is 83.7 cm³/mol. The number of anilines is 1. The summed E-state index contributed by atoms with van der Waals surface area (Å²) in [5, 5.41) is 4.12. The average molecular weight is 290 g/mol. The van der Waals surface area contributed by atoms with E-state index in [1.165, 1.54) is 0 Å². The van der Waals surface area contributed by atoms with E-state index in [0.717, 1.165) is 17.5 Å². The van der Waals surface area contributed by atoms with Gasteiger partial charge in [-0.1, -0.05) is 13.0 Å². The van der Waals surface area contributed by atoms with Crippen LogP contribution in [0.3, 0.4) is 0 Å². The number of hydrogen-bond acceptors (Lipinski definition) is 3. The van der Waals surface area contributed by atoms with Crippen LogP contribution in [0.2, 0.25) is 0 Å². The minimum atomic E-state index is -0.206. The number of halogens is 1. The lowest BCUT2D eigenvalue weighted by Crippen LogP contribution is -2.22. The van der Waals surface area contributed by atoms with Crippen LogP contribution in [0, 0.1) is 5.82 Å². The van der Waals surface area contributed by atoms with Gasteiger partial charge in [0, 0.05) is 38.4 Å². The van der Waals surface area contributed by atoms with Crippen molar-refractivity contribution in [1.29, 1.82) is 0 Å². The van der Waals surface area contributed by atoms with Crippen molar-refractivity contribution < 1.29 is 4.39 Å². The van der Waals surface area contributed by atoms with Crippen molar-refractivity contribution in [3.8, 4) is 0 Å². The number of hydrogen-bond donors (Lipinski definition) is 1. The lowest BCUT2D eigenvalue weighted by molar-refractivity contribution is 0.610. The number of benzene rings is 1. The van der Waals surface area contributed by atoms with Crippen LogP contribution in [0.5, 0.6) is 0 Å². The minimum Gasteiger partial charge on any atom is -0.368 e. The van der Waals surface area contributed by atoms with Gasteiger partial charge in [-0.05, 0) is 30.5 Å². The molecule has 21 heavy (non-hydrogen) atoms. The fraction of sp³-hybridized carbons (Fsp3) is 0.438. The molecule has 1 unspecified atom stereocenters. The van der Waals surface area contributed by atoms with E-state index < -0.39 is 0 Å². The van der Waals surface area contributed by atoms with Gasteiger partial charge >= 0.3 is 0 Å². The smallest absolute Gasteiger partial charge is 0.146 e. The maximum atomic E-state index is 14.3. The second-order valence-electron chi connectivity index (χ2n) is 5.54. The van der Waals surface area contributed by atoms with E-state index in [4.69, 9.17) is 5.73 Å². The zero-order valence-electron chi connectivity index (χ0n) is 12.9. The highest BCUT2D eigenvalue weighted by Gasteiger charge is 2.11. The zero-order chi connectivity index (χ0) is 15.4. The minimum absolute atomic E-state index is 0.0865. The fourth-order valence-corrected chi connectivity index (χ4v) is 2.35. The van der Waals surface area contributed by atoms with E-state index in [0.29, 0.717) is 18.7 Å². The average Bonchev–Trinajstić information content (AvgIpc) is 2.83. The largest absolute Gasteiger partial charge is 0.368 e. The Kier molecular flexibility index (Phi) is 4.96. The normalized spacial score (nSPS) is 12.4. The maximum absolute atomic E-state index is 14.3. The molecule has 1 atom stereocenters. The monoisotopic (exact) mass is 290 g/mol. The molecule has 2 aromatic rings. The predicted octanol–water partition coefficient (Wildman–Crippen LogP) is 2.48. The maximum Gasteiger partial charge on any atom is 0.146 e. The third-order valence-corrected chi connectivity index (χ3v) is 3.62. The van der Waals surface area contributed by atoms with Gasteiger partial charge in [-0.25, -0.2) is 4.39 Å². The molecule has 0 aliphatic rings. The van der Waals surface area contributed by atoms with Gasteiger partial charge in [-0.3, -0.25) is 4.68 Å². The standard InChI is InChI=1S/C16H23FN4/c1-4-14(18)7-12-5-6-16(15(17)8-12)20(2)10-13-9-19-21(3)11-13/h5-6,8-9,11,14H,4,7,10,18H2,1-3H3. The summed E-state index contributed by atoms with van der Waals surface area (Å²) in [6, 6.07) is 5.45. The Balaban J connectivity index is 2.09. The third kappa shape index (κ3) is 4.04. The third-order valence-electron chi connectivity index (χ3n) is 3.62. The number of aromatic nitrogens is 2. The summed E-state index contributed by atoms with van der Waals surface area (Å²) in [6.07, 6.45) is 5.33. The van der Waals surface area contributed by atoms with Crippen molar-refractivity contribution in [1.82, 2.24) is 9.78 Å².